The van der Waals surface area contributed by atoms with Gasteiger partial charge in [-0.15, -0.1) is 0 Å². The Morgan fingerprint density at radius 2 is 1.52 bits per heavy atom. The zero-order valence-electron chi connectivity index (χ0n) is 16.3. The van der Waals surface area contributed by atoms with Crippen LogP contribution >= 0.6 is 0 Å². The van der Waals surface area contributed by atoms with Crippen LogP contribution in [0, 0.1) is 13.8 Å². The number of para-hydroxylation sites is 1. The summed E-state index contributed by atoms with van der Waals surface area (Å²) in [4.78, 5) is 13.2. The lowest BCUT2D eigenvalue weighted by Gasteiger charge is -2.09. The number of rotatable bonds is 4. The van der Waals surface area contributed by atoms with Gasteiger partial charge in [-0.1, -0.05) is 35.9 Å². The SMILES string of the molecule is Cc1ccc(Oc2ccc(N/C(N)=N/c3nc(C)c4ccccc4n3)cc2)cc1. The molecule has 0 spiro atoms. The summed E-state index contributed by atoms with van der Waals surface area (Å²) in [6, 6.07) is 23.2. The van der Waals surface area contributed by atoms with Crippen molar-refractivity contribution in [2.45, 2.75) is 13.8 Å². The second-order valence-electron chi connectivity index (χ2n) is 6.69. The Labute approximate surface area is 169 Å². The summed E-state index contributed by atoms with van der Waals surface area (Å²) in [6.45, 7) is 3.97. The Balaban J connectivity index is 1.46. The van der Waals surface area contributed by atoms with Gasteiger partial charge in [-0.2, -0.15) is 4.99 Å². The highest BCUT2D eigenvalue weighted by molar-refractivity contribution is 5.94. The second-order valence-corrected chi connectivity index (χ2v) is 6.69. The average Bonchev–Trinajstić information content (AvgIpc) is 2.71. The van der Waals surface area contributed by atoms with Gasteiger partial charge in [0.15, 0.2) is 0 Å². The number of nitrogens with one attached hydrogen (secondary N) is 1. The van der Waals surface area contributed by atoms with Gasteiger partial charge < -0.3 is 15.8 Å². The Bertz CT molecular complexity index is 1170. The number of nitrogens with zero attached hydrogens (tertiary/aromatic N) is 3. The van der Waals surface area contributed by atoms with Crippen molar-refractivity contribution in [3.63, 3.8) is 0 Å². The van der Waals surface area contributed by atoms with Crippen LogP contribution in [0.2, 0.25) is 0 Å². The van der Waals surface area contributed by atoms with Gasteiger partial charge in [0.25, 0.3) is 5.95 Å². The molecule has 0 atom stereocenters. The molecule has 0 aliphatic rings. The van der Waals surface area contributed by atoms with Crippen LogP contribution in [-0.4, -0.2) is 15.9 Å². The summed E-state index contributed by atoms with van der Waals surface area (Å²) in [5, 5.41) is 4.05. The van der Waals surface area contributed by atoms with E-state index in [1.807, 2.05) is 86.6 Å². The first-order chi connectivity index (χ1) is 14.1. The largest absolute Gasteiger partial charge is 0.457 e. The fraction of sp³-hybridized carbons (Fsp3) is 0.0870. The van der Waals surface area contributed by atoms with Gasteiger partial charge in [0, 0.05) is 11.1 Å². The van der Waals surface area contributed by atoms with Crippen molar-refractivity contribution in [1.82, 2.24) is 9.97 Å². The van der Waals surface area contributed by atoms with E-state index in [0.717, 1.165) is 33.8 Å². The molecule has 0 saturated carbocycles. The molecule has 1 heterocycles. The average molecular weight is 383 g/mol. The van der Waals surface area contributed by atoms with Crippen molar-refractivity contribution in [1.29, 1.82) is 0 Å². The highest BCUT2D eigenvalue weighted by atomic mass is 16.5. The summed E-state index contributed by atoms with van der Waals surface area (Å²) in [5.41, 5.74) is 9.72. The molecule has 144 valence electrons. The first-order valence-electron chi connectivity index (χ1n) is 9.26. The minimum Gasteiger partial charge on any atom is -0.457 e. The van der Waals surface area contributed by atoms with Gasteiger partial charge in [-0.05, 0) is 56.3 Å². The van der Waals surface area contributed by atoms with E-state index in [1.54, 1.807) is 0 Å². The Morgan fingerprint density at radius 3 is 2.24 bits per heavy atom. The number of aromatic nitrogens is 2. The molecule has 0 bridgehead atoms. The first-order valence-corrected chi connectivity index (χ1v) is 9.26. The standard InChI is InChI=1S/C23H21N5O/c1-15-7-11-18(12-8-15)29-19-13-9-17(10-14-19)26-22(24)28-23-25-16(2)20-5-3-4-6-21(20)27-23/h3-14H,1-2H3,(H3,24,25,26,27,28). The molecule has 4 rings (SSSR count). The molecule has 29 heavy (non-hydrogen) atoms. The third-order valence-corrected chi connectivity index (χ3v) is 4.39. The van der Waals surface area contributed by atoms with Crippen LogP contribution < -0.4 is 15.8 Å². The van der Waals surface area contributed by atoms with E-state index in [0.29, 0.717) is 5.95 Å². The Morgan fingerprint density at radius 1 is 0.862 bits per heavy atom. The van der Waals surface area contributed by atoms with Crippen molar-refractivity contribution in [3.8, 4) is 11.5 Å². The van der Waals surface area contributed by atoms with Crippen LogP contribution in [0.15, 0.2) is 77.8 Å². The third-order valence-electron chi connectivity index (χ3n) is 4.39. The monoisotopic (exact) mass is 383 g/mol. The van der Waals surface area contributed by atoms with Crippen LogP contribution in [0.3, 0.4) is 0 Å². The number of aryl methyl sites for hydroxylation is 2. The summed E-state index contributed by atoms with van der Waals surface area (Å²) in [6.07, 6.45) is 0. The van der Waals surface area contributed by atoms with Crippen LogP contribution in [0.1, 0.15) is 11.3 Å². The van der Waals surface area contributed by atoms with Crippen LogP contribution in [0.5, 0.6) is 11.5 Å². The van der Waals surface area contributed by atoms with Gasteiger partial charge in [0.05, 0.1) is 11.2 Å². The molecule has 0 aliphatic heterocycles. The van der Waals surface area contributed by atoms with E-state index in [4.69, 9.17) is 10.5 Å². The summed E-state index contributed by atoms with van der Waals surface area (Å²) in [7, 11) is 0. The van der Waals surface area contributed by atoms with Gasteiger partial charge in [0.2, 0.25) is 5.96 Å². The number of fused-ring (bicyclic) bond motifs is 1. The normalized spacial score (nSPS) is 11.4. The summed E-state index contributed by atoms with van der Waals surface area (Å²) < 4.78 is 5.83. The van der Waals surface area contributed by atoms with Crippen molar-refractivity contribution in [2.24, 2.45) is 10.7 Å². The molecule has 0 unspecified atom stereocenters. The molecular formula is C23H21N5O. The number of guanidine groups is 1. The Hall–Kier alpha value is -3.93. The smallest absolute Gasteiger partial charge is 0.253 e. The summed E-state index contributed by atoms with van der Waals surface area (Å²) >= 11 is 0. The van der Waals surface area contributed by atoms with Crippen LogP contribution in [-0.2, 0) is 0 Å². The molecule has 1 aromatic heterocycles. The number of anilines is 1. The fourth-order valence-corrected chi connectivity index (χ4v) is 2.90. The van der Waals surface area contributed by atoms with Crippen molar-refractivity contribution in [2.75, 3.05) is 5.32 Å². The predicted molar refractivity (Wildman–Crippen MR) is 117 cm³/mol. The fourth-order valence-electron chi connectivity index (χ4n) is 2.90. The minimum atomic E-state index is 0.215. The Kier molecular flexibility index (Phi) is 5.07. The second kappa shape index (κ2) is 7.98. The van der Waals surface area contributed by atoms with Gasteiger partial charge in [-0.25, -0.2) is 9.97 Å². The molecule has 3 aromatic carbocycles. The first kappa shape index (κ1) is 18.4. The van der Waals surface area contributed by atoms with Crippen molar-refractivity contribution < 1.29 is 4.74 Å². The van der Waals surface area contributed by atoms with E-state index in [-0.39, 0.29) is 5.96 Å². The molecule has 4 aromatic rings. The summed E-state index contributed by atoms with van der Waals surface area (Å²) in [5.74, 6) is 2.07. The molecule has 6 heteroatoms. The van der Waals surface area contributed by atoms with Crippen molar-refractivity contribution in [3.05, 3.63) is 84.1 Å². The van der Waals surface area contributed by atoms with Crippen molar-refractivity contribution >= 4 is 28.5 Å². The zero-order chi connectivity index (χ0) is 20.2. The number of aliphatic imine (C=N–C) groups is 1. The highest BCUT2D eigenvalue weighted by Gasteiger charge is 2.04. The lowest BCUT2D eigenvalue weighted by molar-refractivity contribution is 0.482. The van der Waals surface area contributed by atoms with E-state index < -0.39 is 0 Å². The minimum absolute atomic E-state index is 0.215. The van der Waals surface area contributed by atoms with E-state index in [2.05, 4.69) is 20.3 Å². The van der Waals surface area contributed by atoms with Gasteiger partial charge in [-0.3, -0.25) is 0 Å². The van der Waals surface area contributed by atoms with Gasteiger partial charge in [0.1, 0.15) is 11.5 Å². The quantitative estimate of drug-likeness (QED) is 0.378. The lowest BCUT2D eigenvalue weighted by Crippen LogP contribution is -2.22. The number of hydrogen-bond acceptors (Lipinski definition) is 4. The third kappa shape index (κ3) is 4.50. The van der Waals surface area contributed by atoms with E-state index in [1.165, 1.54) is 5.56 Å². The van der Waals surface area contributed by atoms with Crippen LogP contribution in [0.4, 0.5) is 11.6 Å². The molecule has 0 radical (unpaired) electrons. The number of ether oxygens (including phenoxy) is 1. The molecular weight excluding hydrogens is 362 g/mol. The number of nitrogens with two attached hydrogens (primary N) is 1. The zero-order valence-corrected chi connectivity index (χ0v) is 16.3. The molecule has 3 N–H and O–H groups in total. The molecule has 6 nitrogen and oxygen atoms in total. The molecule has 0 saturated heterocycles. The molecule has 0 fully saturated rings. The lowest BCUT2D eigenvalue weighted by atomic mass is 10.2. The van der Waals surface area contributed by atoms with Crippen LogP contribution in [0.25, 0.3) is 10.9 Å². The highest BCUT2D eigenvalue weighted by Crippen LogP contribution is 2.23. The number of benzene rings is 3. The number of hydrogen-bond donors (Lipinski definition) is 2. The van der Waals surface area contributed by atoms with E-state index >= 15 is 0 Å². The predicted octanol–water partition coefficient (Wildman–Crippen LogP) is 5.10. The van der Waals surface area contributed by atoms with Gasteiger partial charge >= 0.3 is 0 Å². The molecule has 0 aliphatic carbocycles. The maximum atomic E-state index is 6.04. The van der Waals surface area contributed by atoms with E-state index in [9.17, 15) is 0 Å². The molecule has 0 amide bonds. The maximum absolute atomic E-state index is 6.04. The topological polar surface area (TPSA) is 85.4 Å². The maximum Gasteiger partial charge on any atom is 0.253 e.